The van der Waals surface area contributed by atoms with Crippen molar-refractivity contribution in [3.63, 3.8) is 0 Å². The van der Waals surface area contributed by atoms with Crippen LogP contribution < -0.4 is 0 Å². The molecule has 5 fully saturated rings. The predicted octanol–water partition coefficient (Wildman–Crippen LogP) is 2.45. The molecule has 1 aliphatic heterocycles. The van der Waals surface area contributed by atoms with Gasteiger partial charge in [0.2, 0.25) is 0 Å². The monoisotopic (exact) mass is 578 g/mol. The number of ether oxygens (including phenoxy) is 3. The van der Waals surface area contributed by atoms with Crippen LogP contribution in [-0.2, 0) is 33.4 Å². The van der Waals surface area contributed by atoms with E-state index in [0.717, 1.165) is 24.8 Å². The van der Waals surface area contributed by atoms with Gasteiger partial charge >= 0.3 is 17.9 Å². The molecular weight excluding hydrogens is 540 g/mol. The van der Waals surface area contributed by atoms with Crippen molar-refractivity contribution >= 4 is 23.7 Å². The second-order valence-corrected chi connectivity index (χ2v) is 14.6. The highest BCUT2D eigenvalue weighted by molar-refractivity contribution is 6.12. The van der Waals surface area contributed by atoms with Crippen molar-refractivity contribution in [2.24, 2.45) is 58.2 Å². The Labute approximate surface area is 244 Å². The minimum atomic E-state index is -1.31. The van der Waals surface area contributed by atoms with Gasteiger partial charge in [-0.15, -0.1) is 0 Å². The van der Waals surface area contributed by atoms with Gasteiger partial charge < -0.3 is 24.4 Å². The Hall–Kier alpha value is -2.78. The molecule has 0 aromatic heterocycles. The third-order valence-corrected chi connectivity index (χ3v) is 13.5. The number of carbonyl (C=O) groups excluding carboxylic acids is 4. The van der Waals surface area contributed by atoms with Crippen LogP contribution in [0.2, 0.25) is 0 Å². The number of rotatable bonds is 4. The van der Waals surface area contributed by atoms with Crippen LogP contribution in [0.4, 0.5) is 0 Å². The van der Waals surface area contributed by atoms with Crippen LogP contribution in [0.5, 0.6) is 0 Å². The zero-order valence-electron chi connectivity index (χ0n) is 24.7. The first-order valence-corrected chi connectivity index (χ1v) is 15.4. The summed E-state index contributed by atoms with van der Waals surface area (Å²) < 4.78 is 17.2. The number of Topliss-reactive ketones (excluding diaryl/α,β-unsaturated/α-hetero) is 1. The Balaban J connectivity index is 1.42. The van der Waals surface area contributed by atoms with Crippen molar-refractivity contribution in [1.82, 2.24) is 0 Å². The number of methoxy groups -OCH3 is 1. The van der Waals surface area contributed by atoms with Crippen LogP contribution in [0.15, 0.2) is 33.4 Å². The summed E-state index contributed by atoms with van der Waals surface area (Å²) in [6.07, 6.45) is 1.85. The summed E-state index contributed by atoms with van der Waals surface area (Å²) in [5.41, 5.74) is 0.272. The van der Waals surface area contributed by atoms with Crippen molar-refractivity contribution in [1.29, 1.82) is 0 Å². The van der Waals surface area contributed by atoms with Crippen LogP contribution in [-0.4, -0.2) is 65.9 Å². The fourth-order valence-corrected chi connectivity index (χ4v) is 11.8. The molecule has 0 unspecified atom stereocenters. The van der Waals surface area contributed by atoms with Crippen LogP contribution in [0, 0.1) is 58.2 Å². The van der Waals surface area contributed by atoms with E-state index < -0.39 is 41.4 Å². The molecule has 5 saturated carbocycles. The molecule has 9 heteroatoms. The molecule has 0 saturated heterocycles. The SMILES string of the molecule is COC(=O)/C(C)=C1\C(=O)[C@H](O)[C@]2(C)C3=C1[C@@]14OC(=O)C(CO)=C1C[C@@H]1[C@@H](COC(C)=O)[C@H]5C[C@H]5[C@@]1(C)[C@@H]4C[C@H]3[C@@H]1C[C@H]12. The normalized spacial score (nSPS) is 49.7. The van der Waals surface area contributed by atoms with Gasteiger partial charge in [0.25, 0.3) is 0 Å². The molecule has 0 aromatic rings. The molecule has 0 bridgehead atoms. The molecule has 1 heterocycles. The molecule has 0 amide bonds. The summed E-state index contributed by atoms with van der Waals surface area (Å²) in [5, 5.41) is 22.2. The van der Waals surface area contributed by atoms with Crippen LogP contribution in [0.1, 0.15) is 53.4 Å². The summed E-state index contributed by atoms with van der Waals surface area (Å²) in [4.78, 5) is 52.8. The lowest BCUT2D eigenvalue weighted by Gasteiger charge is -2.61. The maximum atomic E-state index is 14.3. The second kappa shape index (κ2) is 8.03. The lowest BCUT2D eigenvalue weighted by Crippen LogP contribution is -2.63. The van der Waals surface area contributed by atoms with Gasteiger partial charge in [-0.2, -0.15) is 0 Å². The number of ketones is 1. The third-order valence-electron chi connectivity index (χ3n) is 13.5. The second-order valence-electron chi connectivity index (χ2n) is 14.6. The summed E-state index contributed by atoms with van der Waals surface area (Å²) in [7, 11) is 1.26. The third kappa shape index (κ3) is 2.75. The number of hydrogen-bond acceptors (Lipinski definition) is 9. The highest BCUT2D eigenvalue weighted by Gasteiger charge is 2.81. The fourth-order valence-electron chi connectivity index (χ4n) is 11.8. The van der Waals surface area contributed by atoms with E-state index in [4.69, 9.17) is 14.2 Å². The van der Waals surface area contributed by atoms with E-state index in [1.807, 2.05) is 6.92 Å². The molecular formula is C33H38O9. The summed E-state index contributed by atoms with van der Waals surface area (Å²) in [6.45, 7) is 7.07. The quantitative estimate of drug-likeness (QED) is 0.293. The van der Waals surface area contributed by atoms with Crippen LogP contribution >= 0.6 is 0 Å². The average Bonchev–Trinajstić information content (AvgIpc) is 3.86. The minimum absolute atomic E-state index is 0.0900. The van der Waals surface area contributed by atoms with Crippen LogP contribution in [0.3, 0.4) is 0 Å². The molecule has 8 aliphatic rings. The maximum Gasteiger partial charge on any atom is 0.337 e. The van der Waals surface area contributed by atoms with Gasteiger partial charge in [0.1, 0.15) is 6.10 Å². The molecule has 1 spiro atoms. The van der Waals surface area contributed by atoms with Gasteiger partial charge in [0.15, 0.2) is 11.4 Å². The molecule has 9 nitrogen and oxygen atoms in total. The average molecular weight is 579 g/mol. The topological polar surface area (TPSA) is 136 Å². The van der Waals surface area contributed by atoms with Crippen molar-refractivity contribution in [2.45, 2.75) is 65.1 Å². The fraction of sp³-hybridized carbons (Fsp3) is 0.697. The molecule has 224 valence electrons. The van der Waals surface area contributed by atoms with Gasteiger partial charge in [-0.05, 0) is 90.6 Å². The first kappa shape index (κ1) is 26.8. The molecule has 0 radical (unpaired) electrons. The number of hydrogen-bond donors (Lipinski definition) is 2. The standard InChI is InChI=1S/C33H38O9/c1-12(29(38)40-5)24-26-25-16(14-6-20(14)32(25,4)28(37)27(24)36)8-23-31(3)19-7-15(19)18(11-41-13(2)35)21(31)9-22-17(10-34)30(39)42-33(22,23)26/h14-16,18-21,23,28,34,37H,6-11H2,1-5H3/b24-12-/t14-,15+,16-,18-,19+,20+,21+,23-,28-,31+,32-,33+/m0/s1. The van der Waals surface area contributed by atoms with E-state index >= 15 is 0 Å². The van der Waals surface area contributed by atoms with E-state index in [1.54, 1.807) is 6.92 Å². The zero-order chi connectivity index (χ0) is 29.8. The van der Waals surface area contributed by atoms with Crippen molar-refractivity contribution < 1.29 is 43.6 Å². The van der Waals surface area contributed by atoms with E-state index in [-0.39, 0.29) is 57.7 Å². The van der Waals surface area contributed by atoms with Gasteiger partial charge in [0.05, 0.1) is 25.9 Å². The molecule has 12 atom stereocenters. The smallest absolute Gasteiger partial charge is 0.337 e. The van der Waals surface area contributed by atoms with E-state index in [9.17, 15) is 29.4 Å². The van der Waals surface area contributed by atoms with Gasteiger partial charge in [-0.25, -0.2) is 9.59 Å². The first-order valence-electron chi connectivity index (χ1n) is 15.4. The highest BCUT2D eigenvalue weighted by Crippen LogP contribution is 2.82. The lowest BCUT2D eigenvalue weighted by molar-refractivity contribution is -0.165. The molecule has 0 aromatic carbocycles. The predicted molar refractivity (Wildman–Crippen MR) is 145 cm³/mol. The lowest BCUT2D eigenvalue weighted by atomic mass is 9.44. The summed E-state index contributed by atoms with van der Waals surface area (Å²) in [6, 6.07) is 0. The van der Waals surface area contributed by atoms with Gasteiger partial charge in [-0.3, -0.25) is 9.59 Å². The summed E-state index contributed by atoms with van der Waals surface area (Å²) in [5.74, 6) is -0.757. The molecule has 42 heavy (non-hydrogen) atoms. The Kier molecular flexibility index (Phi) is 5.13. The number of fused-ring (bicyclic) bond motifs is 7. The molecule has 8 rings (SSSR count). The van der Waals surface area contributed by atoms with Gasteiger partial charge in [-0.1, -0.05) is 13.8 Å². The van der Waals surface area contributed by atoms with E-state index in [0.29, 0.717) is 41.9 Å². The number of aliphatic hydroxyl groups excluding tert-OH is 2. The van der Waals surface area contributed by atoms with Gasteiger partial charge in [0, 0.05) is 35.0 Å². The van der Waals surface area contributed by atoms with Crippen molar-refractivity contribution in [3.8, 4) is 0 Å². The van der Waals surface area contributed by atoms with Crippen molar-refractivity contribution in [3.05, 3.63) is 33.4 Å². The number of aliphatic hydroxyl groups is 2. The maximum absolute atomic E-state index is 14.3. The highest BCUT2D eigenvalue weighted by atomic mass is 16.6. The Morgan fingerprint density at radius 2 is 1.76 bits per heavy atom. The molecule has 2 N–H and O–H groups in total. The Morgan fingerprint density at radius 3 is 2.43 bits per heavy atom. The van der Waals surface area contributed by atoms with Crippen molar-refractivity contribution in [2.75, 3.05) is 20.3 Å². The Bertz CT molecular complexity index is 1500. The van der Waals surface area contributed by atoms with Crippen LogP contribution in [0.25, 0.3) is 0 Å². The number of carbonyl (C=O) groups is 4. The largest absolute Gasteiger partial charge is 0.466 e. The first-order chi connectivity index (χ1) is 19.9. The summed E-state index contributed by atoms with van der Waals surface area (Å²) >= 11 is 0. The molecule has 7 aliphatic carbocycles. The Morgan fingerprint density at radius 1 is 1.05 bits per heavy atom. The number of esters is 3. The minimum Gasteiger partial charge on any atom is -0.466 e. The van der Waals surface area contributed by atoms with E-state index in [2.05, 4.69) is 6.92 Å². The van der Waals surface area contributed by atoms with E-state index in [1.165, 1.54) is 14.0 Å². The zero-order valence-corrected chi connectivity index (χ0v) is 24.7.